The lowest BCUT2D eigenvalue weighted by atomic mass is 9.65. The maximum atomic E-state index is 8.99. The normalized spacial score (nSPS) is 29.3. The quantitative estimate of drug-likeness (QED) is 0.687. The summed E-state index contributed by atoms with van der Waals surface area (Å²) in [6, 6.07) is 0. The van der Waals surface area contributed by atoms with Crippen molar-refractivity contribution in [2.45, 2.75) is 55.8 Å². The minimum atomic E-state index is -1.09. The van der Waals surface area contributed by atoms with Gasteiger partial charge >= 0.3 is 7.12 Å². The van der Waals surface area contributed by atoms with Gasteiger partial charge in [-0.2, -0.15) is 11.8 Å². The summed E-state index contributed by atoms with van der Waals surface area (Å²) in [6.07, 6.45) is 4.24. The van der Waals surface area contributed by atoms with E-state index in [9.17, 15) is 0 Å². The van der Waals surface area contributed by atoms with E-state index in [1.807, 2.05) is 11.8 Å². The zero-order valence-electron chi connectivity index (χ0n) is 8.44. The van der Waals surface area contributed by atoms with Gasteiger partial charge < -0.3 is 10.0 Å². The fourth-order valence-electron chi connectivity index (χ4n) is 1.91. The van der Waals surface area contributed by atoms with Crippen molar-refractivity contribution in [2.24, 2.45) is 0 Å². The van der Waals surface area contributed by atoms with Crippen LogP contribution in [0.2, 0.25) is 5.82 Å². The molecule has 0 heterocycles. The lowest BCUT2D eigenvalue weighted by Gasteiger charge is -2.28. The third-order valence-corrected chi connectivity index (χ3v) is 4.01. The maximum absolute atomic E-state index is 8.99. The summed E-state index contributed by atoms with van der Waals surface area (Å²) in [7, 11) is -1.09. The van der Waals surface area contributed by atoms with Gasteiger partial charge in [-0.25, -0.2) is 0 Å². The number of hydrogen-bond donors (Lipinski definition) is 2. The van der Waals surface area contributed by atoms with Crippen molar-refractivity contribution in [2.75, 3.05) is 0 Å². The predicted molar refractivity (Wildman–Crippen MR) is 58.9 cm³/mol. The summed E-state index contributed by atoms with van der Waals surface area (Å²) < 4.78 is 0. The van der Waals surface area contributed by atoms with Crippen LogP contribution in [-0.2, 0) is 0 Å². The van der Waals surface area contributed by atoms with Crippen molar-refractivity contribution in [3.63, 3.8) is 0 Å². The van der Waals surface area contributed by atoms with Crippen LogP contribution in [0.25, 0.3) is 0 Å². The molecule has 1 saturated carbocycles. The molecule has 0 unspecified atom stereocenters. The minimum absolute atomic E-state index is 0.129. The van der Waals surface area contributed by atoms with Crippen LogP contribution in [0.5, 0.6) is 0 Å². The Hall–Kier alpha value is 0.335. The van der Waals surface area contributed by atoms with E-state index < -0.39 is 7.12 Å². The van der Waals surface area contributed by atoms with E-state index in [0.717, 1.165) is 30.9 Å². The van der Waals surface area contributed by atoms with E-state index in [-0.39, 0.29) is 5.82 Å². The molecule has 0 amide bonds. The number of thioether (sulfide) groups is 1. The predicted octanol–water partition coefficient (Wildman–Crippen LogP) is 1.91. The monoisotopic (exact) mass is 202 g/mol. The first kappa shape index (κ1) is 11.4. The average Bonchev–Trinajstić information content (AvgIpc) is 2.04. The molecule has 1 aliphatic rings. The standard InChI is InChI=1S/C9H19BO2S/c1-7(2)13-9-5-3-8(4-6-9)10(11)12/h7-9,11-12H,3-6H2,1-2H3. The summed E-state index contributed by atoms with van der Waals surface area (Å²) in [6.45, 7) is 4.44. The number of rotatable bonds is 3. The molecule has 2 N–H and O–H groups in total. The summed E-state index contributed by atoms with van der Waals surface area (Å²) >= 11 is 2.03. The molecule has 0 radical (unpaired) electrons. The molecule has 76 valence electrons. The van der Waals surface area contributed by atoms with E-state index in [1.54, 1.807) is 0 Å². The van der Waals surface area contributed by atoms with Gasteiger partial charge in [0.25, 0.3) is 0 Å². The Bertz CT molecular complexity index is 145. The molecule has 2 nitrogen and oxygen atoms in total. The van der Waals surface area contributed by atoms with Crippen LogP contribution in [0, 0.1) is 0 Å². The fraction of sp³-hybridized carbons (Fsp3) is 1.00. The average molecular weight is 202 g/mol. The maximum Gasteiger partial charge on any atom is 0.454 e. The van der Waals surface area contributed by atoms with Crippen LogP contribution >= 0.6 is 11.8 Å². The molecular weight excluding hydrogens is 183 g/mol. The van der Waals surface area contributed by atoms with Crippen molar-refractivity contribution in [3.8, 4) is 0 Å². The second-order valence-corrected chi connectivity index (χ2v) is 6.02. The van der Waals surface area contributed by atoms with Crippen molar-refractivity contribution >= 4 is 18.9 Å². The molecule has 0 aromatic carbocycles. The van der Waals surface area contributed by atoms with Crippen molar-refractivity contribution in [1.82, 2.24) is 0 Å². The molecule has 0 saturated heterocycles. The Labute approximate surface area is 85.3 Å². The van der Waals surface area contributed by atoms with E-state index >= 15 is 0 Å². The van der Waals surface area contributed by atoms with E-state index in [2.05, 4.69) is 13.8 Å². The molecule has 0 bridgehead atoms. The van der Waals surface area contributed by atoms with Gasteiger partial charge in [0.15, 0.2) is 0 Å². The highest BCUT2D eigenvalue weighted by Gasteiger charge is 2.29. The Balaban J connectivity index is 2.22. The van der Waals surface area contributed by atoms with Gasteiger partial charge in [0, 0.05) is 5.25 Å². The molecule has 0 aromatic heterocycles. The molecule has 1 fully saturated rings. The summed E-state index contributed by atoms with van der Waals surface area (Å²) in [5, 5.41) is 19.4. The molecule has 1 rings (SSSR count). The second kappa shape index (κ2) is 5.27. The van der Waals surface area contributed by atoms with Gasteiger partial charge in [-0.3, -0.25) is 0 Å². The SMILES string of the molecule is CC(C)SC1CCC(B(O)O)CC1. The first-order chi connectivity index (χ1) is 6.09. The van der Waals surface area contributed by atoms with E-state index in [4.69, 9.17) is 10.0 Å². The molecule has 0 aliphatic heterocycles. The fourth-order valence-corrected chi connectivity index (χ4v) is 3.22. The van der Waals surface area contributed by atoms with Gasteiger partial charge in [0.05, 0.1) is 0 Å². The zero-order valence-corrected chi connectivity index (χ0v) is 9.26. The van der Waals surface area contributed by atoms with E-state index in [0.29, 0.717) is 5.25 Å². The van der Waals surface area contributed by atoms with Gasteiger partial charge in [0.2, 0.25) is 0 Å². The Morgan fingerprint density at radius 3 is 2.08 bits per heavy atom. The third-order valence-electron chi connectivity index (χ3n) is 2.61. The largest absolute Gasteiger partial charge is 0.454 e. The van der Waals surface area contributed by atoms with Crippen LogP contribution in [0.4, 0.5) is 0 Å². The Morgan fingerprint density at radius 1 is 1.15 bits per heavy atom. The van der Waals surface area contributed by atoms with Crippen LogP contribution in [0.3, 0.4) is 0 Å². The van der Waals surface area contributed by atoms with Gasteiger partial charge in [-0.05, 0) is 23.9 Å². The van der Waals surface area contributed by atoms with Gasteiger partial charge in [-0.15, -0.1) is 0 Å². The molecule has 0 spiro atoms. The smallest absolute Gasteiger partial charge is 0.427 e. The molecular formula is C9H19BO2S. The highest BCUT2D eigenvalue weighted by molar-refractivity contribution is 8.00. The lowest BCUT2D eigenvalue weighted by molar-refractivity contribution is 0.353. The van der Waals surface area contributed by atoms with Gasteiger partial charge in [-0.1, -0.05) is 26.7 Å². The highest BCUT2D eigenvalue weighted by Crippen LogP contribution is 2.36. The zero-order chi connectivity index (χ0) is 9.84. The third kappa shape index (κ3) is 3.92. The summed E-state index contributed by atoms with van der Waals surface area (Å²) in [4.78, 5) is 0. The Morgan fingerprint density at radius 2 is 1.69 bits per heavy atom. The lowest BCUT2D eigenvalue weighted by Crippen LogP contribution is -2.26. The highest BCUT2D eigenvalue weighted by atomic mass is 32.2. The summed E-state index contributed by atoms with van der Waals surface area (Å²) in [5.74, 6) is 0.129. The first-order valence-corrected chi connectivity index (χ1v) is 6.05. The van der Waals surface area contributed by atoms with Crippen molar-refractivity contribution < 1.29 is 10.0 Å². The molecule has 0 atom stereocenters. The van der Waals surface area contributed by atoms with Crippen LogP contribution in [0.1, 0.15) is 39.5 Å². The van der Waals surface area contributed by atoms with E-state index in [1.165, 1.54) is 0 Å². The first-order valence-electron chi connectivity index (χ1n) is 5.11. The summed E-state index contributed by atoms with van der Waals surface area (Å²) in [5.41, 5.74) is 0. The van der Waals surface area contributed by atoms with Crippen LogP contribution in [-0.4, -0.2) is 27.7 Å². The van der Waals surface area contributed by atoms with Crippen molar-refractivity contribution in [1.29, 1.82) is 0 Å². The molecule has 4 heteroatoms. The second-order valence-electron chi connectivity index (χ2n) is 4.14. The Kier molecular flexibility index (Phi) is 4.63. The minimum Gasteiger partial charge on any atom is -0.427 e. The topological polar surface area (TPSA) is 40.5 Å². The van der Waals surface area contributed by atoms with Crippen molar-refractivity contribution in [3.05, 3.63) is 0 Å². The molecule has 0 aromatic rings. The van der Waals surface area contributed by atoms with Crippen LogP contribution in [0.15, 0.2) is 0 Å². The van der Waals surface area contributed by atoms with Gasteiger partial charge in [0.1, 0.15) is 0 Å². The number of hydrogen-bond acceptors (Lipinski definition) is 3. The van der Waals surface area contributed by atoms with Crippen LogP contribution < -0.4 is 0 Å². The molecule has 1 aliphatic carbocycles. The molecule has 13 heavy (non-hydrogen) atoms.